The van der Waals surface area contributed by atoms with Gasteiger partial charge in [0.15, 0.2) is 0 Å². The Bertz CT molecular complexity index is 806. The molecule has 2 saturated carbocycles. The van der Waals surface area contributed by atoms with Crippen molar-refractivity contribution in [2.45, 2.75) is 154 Å². The van der Waals surface area contributed by atoms with Crippen LogP contribution in [-0.4, -0.2) is 69.9 Å². The number of nitrogens with zero attached hydrogens (tertiary/aromatic N) is 2. The fraction of sp³-hybridized carbons (Fsp3) is 0.938. The summed E-state index contributed by atoms with van der Waals surface area (Å²) < 4.78 is 0. The minimum Gasteiger partial charge on any atom is -0.353 e. The first-order valence-electron chi connectivity index (χ1n) is 15.6. The fourth-order valence-electron chi connectivity index (χ4n) is 8.70. The minimum atomic E-state index is -0.113. The zero-order valence-electron chi connectivity index (χ0n) is 26.2. The SMILES string of the molecule is CN1C(C)(C)CC(C(=O)NC2CCC(C3CCC(NC(=O)C4CC(C)(C)N(C)C4(C)C)CC3)CC2)C1(C)C. The lowest BCUT2D eigenvalue weighted by atomic mass is 9.71. The number of carbonyl (C=O) groups is 2. The molecule has 0 bridgehead atoms. The van der Waals surface area contributed by atoms with Crippen molar-refractivity contribution < 1.29 is 9.59 Å². The van der Waals surface area contributed by atoms with Crippen LogP contribution in [0, 0.1) is 23.7 Å². The Morgan fingerprint density at radius 2 is 0.842 bits per heavy atom. The maximum Gasteiger partial charge on any atom is 0.225 e. The second-order valence-corrected chi connectivity index (χ2v) is 15.8. The molecule has 2 N–H and O–H groups in total. The van der Waals surface area contributed by atoms with Crippen LogP contribution in [0.4, 0.5) is 0 Å². The molecule has 2 aliphatic carbocycles. The molecule has 4 fully saturated rings. The molecule has 0 aromatic carbocycles. The predicted molar refractivity (Wildman–Crippen MR) is 156 cm³/mol. The molecule has 2 atom stereocenters. The van der Waals surface area contributed by atoms with Gasteiger partial charge in [0.1, 0.15) is 0 Å². The molecule has 2 unspecified atom stereocenters. The van der Waals surface area contributed by atoms with Gasteiger partial charge in [0.05, 0.1) is 11.8 Å². The van der Waals surface area contributed by atoms with Crippen LogP contribution >= 0.6 is 0 Å². The standard InChI is InChI=1S/C32H58N4O2/c1-29(2)19-25(31(5,6)35(29)9)27(37)33-23-15-11-21(12-16-23)22-13-17-24(18-14-22)34-28(38)26-20-30(3,4)36(10)32(26,7)8/h21-26H,11-20H2,1-10H3,(H,33,37)(H,34,38). The predicted octanol–water partition coefficient (Wildman–Crippen LogP) is 5.35. The summed E-state index contributed by atoms with van der Waals surface area (Å²) in [6, 6.07) is 0.660. The molecule has 4 aliphatic rings. The van der Waals surface area contributed by atoms with Crippen molar-refractivity contribution in [3.05, 3.63) is 0 Å². The largest absolute Gasteiger partial charge is 0.353 e. The number of carbonyl (C=O) groups excluding carboxylic acids is 2. The number of hydrogen-bond acceptors (Lipinski definition) is 4. The Labute approximate surface area is 233 Å². The van der Waals surface area contributed by atoms with Crippen LogP contribution in [0.15, 0.2) is 0 Å². The first-order chi connectivity index (χ1) is 17.5. The van der Waals surface area contributed by atoms with Gasteiger partial charge >= 0.3 is 0 Å². The zero-order chi connectivity index (χ0) is 28.3. The molecule has 2 amide bonds. The highest BCUT2D eigenvalue weighted by Gasteiger charge is 2.53. The van der Waals surface area contributed by atoms with E-state index in [2.05, 4.69) is 89.9 Å². The lowest BCUT2D eigenvalue weighted by Gasteiger charge is -2.40. The van der Waals surface area contributed by atoms with Crippen molar-refractivity contribution >= 4 is 11.8 Å². The second kappa shape index (κ2) is 10.4. The van der Waals surface area contributed by atoms with Crippen molar-refractivity contribution in [1.29, 1.82) is 0 Å². The van der Waals surface area contributed by atoms with E-state index in [-0.39, 0.29) is 45.8 Å². The van der Waals surface area contributed by atoms with Crippen molar-refractivity contribution in [3.63, 3.8) is 0 Å². The van der Waals surface area contributed by atoms with Crippen LogP contribution in [0.1, 0.15) is 120 Å². The summed E-state index contributed by atoms with van der Waals surface area (Å²) in [5.41, 5.74) is -0.111. The van der Waals surface area contributed by atoms with E-state index < -0.39 is 0 Å². The van der Waals surface area contributed by atoms with E-state index in [1.54, 1.807) is 0 Å². The van der Waals surface area contributed by atoms with E-state index in [1.807, 2.05) is 0 Å². The number of hydrogen-bond donors (Lipinski definition) is 2. The van der Waals surface area contributed by atoms with Crippen LogP contribution < -0.4 is 10.6 Å². The van der Waals surface area contributed by atoms with Gasteiger partial charge in [0, 0.05) is 34.2 Å². The number of amides is 2. The molecule has 0 radical (unpaired) electrons. The summed E-state index contributed by atoms with van der Waals surface area (Å²) in [6.07, 6.45) is 11.2. The molecule has 218 valence electrons. The van der Waals surface area contributed by atoms with Gasteiger partial charge in [0.2, 0.25) is 11.8 Å². The van der Waals surface area contributed by atoms with E-state index in [1.165, 1.54) is 25.7 Å². The van der Waals surface area contributed by atoms with Gasteiger partial charge in [-0.2, -0.15) is 0 Å². The monoisotopic (exact) mass is 530 g/mol. The summed E-state index contributed by atoms with van der Waals surface area (Å²) in [6.45, 7) is 17.9. The van der Waals surface area contributed by atoms with Gasteiger partial charge < -0.3 is 10.6 Å². The molecule has 0 spiro atoms. The van der Waals surface area contributed by atoms with E-state index in [9.17, 15) is 9.59 Å². The maximum absolute atomic E-state index is 13.3. The molecule has 2 saturated heterocycles. The lowest BCUT2D eigenvalue weighted by molar-refractivity contribution is -0.129. The van der Waals surface area contributed by atoms with Crippen LogP contribution in [0.25, 0.3) is 0 Å². The lowest BCUT2D eigenvalue weighted by Crippen LogP contribution is -2.51. The molecular weight excluding hydrogens is 472 g/mol. The quantitative estimate of drug-likeness (QED) is 0.503. The number of nitrogens with one attached hydrogen (secondary N) is 2. The van der Waals surface area contributed by atoms with Crippen molar-refractivity contribution in [2.24, 2.45) is 23.7 Å². The van der Waals surface area contributed by atoms with E-state index >= 15 is 0 Å². The van der Waals surface area contributed by atoms with E-state index in [4.69, 9.17) is 0 Å². The third kappa shape index (κ3) is 5.55. The first-order valence-corrected chi connectivity index (χ1v) is 15.6. The first kappa shape index (κ1) is 29.8. The van der Waals surface area contributed by atoms with Gasteiger partial charge in [0.25, 0.3) is 0 Å². The van der Waals surface area contributed by atoms with Gasteiger partial charge in [-0.25, -0.2) is 0 Å². The van der Waals surface area contributed by atoms with Gasteiger partial charge in [-0.3, -0.25) is 19.4 Å². The average molecular weight is 531 g/mol. The molecule has 38 heavy (non-hydrogen) atoms. The molecule has 2 heterocycles. The minimum absolute atomic E-state index is 0.0481. The maximum atomic E-state index is 13.3. The molecule has 0 aromatic heterocycles. The molecule has 4 rings (SSSR count). The number of rotatable bonds is 5. The Kier molecular flexibility index (Phi) is 8.13. The Balaban J connectivity index is 1.20. The van der Waals surface area contributed by atoms with Crippen LogP contribution in [0.3, 0.4) is 0 Å². The van der Waals surface area contributed by atoms with Crippen LogP contribution in [0.2, 0.25) is 0 Å². The van der Waals surface area contributed by atoms with Gasteiger partial charge in [-0.1, -0.05) is 0 Å². The summed E-state index contributed by atoms with van der Waals surface area (Å²) >= 11 is 0. The molecule has 0 aromatic rings. The zero-order valence-corrected chi connectivity index (χ0v) is 26.2. The van der Waals surface area contributed by atoms with Crippen molar-refractivity contribution in [2.75, 3.05) is 14.1 Å². The Hall–Kier alpha value is -1.14. The van der Waals surface area contributed by atoms with Gasteiger partial charge in [-0.15, -0.1) is 0 Å². The third-order valence-corrected chi connectivity index (χ3v) is 12.2. The summed E-state index contributed by atoms with van der Waals surface area (Å²) in [5, 5.41) is 6.90. The molecular formula is C32H58N4O2. The molecule has 6 heteroatoms. The van der Waals surface area contributed by atoms with Crippen molar-refractivity contribution in [3.8, 4) is 0 Å². The Morgan fingerprint density at radius 1 is 0.553 bits per heavy atom. The van der Waals surface area contributed by atoms with Gasteiger partial charge in [-0.05, 0) is 146 Å². The average Bonchev–Trinajstić information content (AvgIpc) is 3.12. The fourth-order valence-corrected chi connectivity index (χ4v) is 8.70. The van der Waals surface area contributed by atoms with E-state index in [0.717, 1.165) is 50.4 Å². The second-order valence-electron chi connectivity index (χ2n) is 15.8. The van der Waals surface area contributed by atoms with E-state index in [0.29, 0.717) is 12.1 Å². The summed E-state index contributed by atoms with van der Waals surface area (Å²) in [7, 11) is 4.32. The topological polar surface area (TPSA) is 64.7 Å². The highest BCUT2D eigenvalue weighted by molar-refractivity contribution is 5.81. The summed E-state index contributed by atoms with van der Waals surface area (Å²) in [4.78, 5) is 31.3. The number of likely N-dealkylation sites (tertiary alicyclic amines) is 2. The molecule has 2 aliphatic heterocycles. The molecule has 6 nitrogen and oxygen atoms in total. The third-order valence-electron chi connectivity index (χ3n) is 12.2. The normalized spacial score (nSPS) is 38.6. The van der Waals surface area contributed by atoms with Crippen molar-refractivity contribution in [1.82, 2.24) is 20.4 Å². The van der Waals surface area contributed by atoms with Crippen LogP contribution in [-0.2, 0) is 9.59 Å². The Morgan fingerprint density at radius 3 is 1.08 bits per heavy atom. The summed E-state index contributed by atoms with van der Waals surface area (Å²) in [5.74, 6) is 2.16. The highest BCUT2D eigenvalue weighted by Crippen LogP contribution is 2.45. The smallest absolute Gasteiger partial charge is 0.225 e. The van der Waals surface area contributed by atoms with Crippen LogP contribution in [0.5, 0.6) is 0 Å². The highest BCUT2D eigenvalue weighted by atomic mass is 16.2.